The zero-order valence-corrected chi connectivity index (χ0v) is 6.67. The van der Waals surface area contributed by atoms with Gasteiger partial charge in [0.05, 0.1) is 12.7 Å². The number of ether oxygens (including phenoxy) is 1. The second kappa shape index (κ2) is 4.26. The van der Waals surface area contributed by atoms with Gasteiger partial charge in [0.2, 0.25) is 0 Å². The van der Waals surface area contributed by atoms with E-state index in [2.05, 4.69) is 5.32 Å². The second-order valence-electron chi connectivity index (χ2n) is 2.64. The van der Waals surface area contributed by atoms with E-state index in [4.69, 9.17) is 4.74 Å². The molecule has 1 heterocycles. The van der Waals surface area contributed by atoms with E-state index < -0.39 is 0 Å². The fourth-order valence-electron chi connectivity index (χ4n) is 1.03. The number of morpholine rings is 1. The average molecular weight is 155 g/mol. The normalized spacial score (nSPS) is 26.6. The van der Waals surface area contributed by atoms with Crippen LogP contribution < -0.4 is 5.32 Å². The molecule has 3 heteroatoms. The molecule has 0 saturated carbocycles. The van der Waals surface area contributed by atoms with Gasteiger partial charge in [-0.15, -0.1) is 0 Å². The highest BCUT2D eigenvalue weighted by atomic mass is 16.5. The topological polar surface area (TPSA) is 38.3 Å². The van der Waals surface area contributed by atoms with Crippen LogP contribution in [-0.4, -0.2) is 32.1 Å². The van der Waals surface area contributed by atoms with E-state index >= 15 is 0 Å². The minimum Gasteiger partial charge on any atom is -0.371 e. The van der Waals surface area contributed by atoms with Gasteiger partial charge in [0.1, 0.15) is 6.29 Å². The van der Waals surface area contributed by atoms with E-state index in [0.717, 1.165) is 31.6 Å². The molecule has 0 amide bonds. The molecule has 1 aliphatic heterocycles. The first-order valence-electron chi connectivity index (χ1n) is 3.79. The predicted octanol–water partition coefficient (Wildman–Crippen LogP) is 0.120. The van der Waals surface area contributed by atoms with Crippen molar-refractivity contribution in [3.63, 3.8) is 0 Å². The van der Waals surface area contributed by atoms with Gasteiger partial charge < -0.3 is 10.1 Å². The number of carbonyl (C=O) groups excluding carboxylic acids is 1. The lowest BCUT2D eigenvalue weighted by atomic mass is 10.2. The largest absolute Gasteiger partial charge is 0.371 e. The summed E-state index contributed by atoms with van der Waals surface area (Å²) in [5.41, 5.74) is 0.735. The standard InChI is InChI=1S/C8H13NO2/c1-7(6-10)4-8-5-9-2-3-11-8/h4,6,8-9H,2-3,5H2,1H3. The molecule has 1 aliphatic rings. The van der Waals surface area contributed by atoms with Crippen LogP contribution in [-0.2, 0) is 9.53 Å². The quantitative estimate of drug-likeness (QED) is 0.454. The molecule has 0 spiro atoms. The molecule has 0 aromatic rings. The number of hydrogen-bond acceptors (Lipinski definition) is 3. The van der Waals surface area contributed by atoms with Crippen LogP contribution in [0.2, 0.25) is 0 Å². The molecule has 0 bridgehead atoms. The van der Waals surface area contributed by atoms with Gasteiger partial charge in [0.25, 0.3) is 0 Å². The predicted molar refractivity (Wildman–Crippen MR) is 42.4 cm³/mol. The maximum atomic E-state index is 10.2. The Hall–Kier alpha value is -0.670. The third kappa shape index (κ3) is 2.82. The Bertz CT molecular complexity index is 159. The summed E-state index contributed by atoms with van der Waals surface area (Å²) in [5.74, 6) is 0. The van der Waals surface area contributed by atoms with E-state index in [1.165, 1.54) is 0 Å². The number of hydrogen-bond donors (Lipinski definition) is 1. The highest BCUT2D eigenvalue weighted by molar-refractivity contribution is 5.72. The monoisotopic (exact) mass is 155 g/mol. The summed E-state index contributed by atoms with van der Waals surface area (Å²) in [4.78, 5) is 10.2. The van der Waals surface area contributed by atoms with Gasteiger partial charge in [-0.1, -0.05) is 0 Å². The van der Waals surface area contributed by atoms with E-state index in [-0.39, 0.29) is 6.10 Å². The van der Waals surface area contributed by atoms with Crippen molar-refractivity contribution in [2.24, 2.45) is 0 Å². The first-order valence-corrected chi connectivity index (χ1v) is 3.79. The molecule has 1 unspecified atom stereocenters. The van der Waals surface area contributed by atoms with Crippen LogP contribution in [0.1, 0.15) is 6.92 Å². The summed E-state index contributed by atoms with van der Waals surface area (Å²) >= 11 is 0. The van der Waals surface area contributed by atoms with Crippen LogP contribution in [0.25, 0.3) is 0 Å². The third-order valence-electron chi connectivity index (χ3n) is 1.59. The Morgan fingerprint density at radius 1 is 1.73 bits per heavy atom. The zero-order chi connectivity index (χ0) is 8.10. The number of rotatable bonds is 2. The minimum absolute atomic E-state index is 0.0777. The van der Waals surface area contributed by atoms with Gasteiger partial charge >= 0.3 is 0 Å². The van der Waals surface area contributed by atoms with Gasteiger partial charge in [0, 0.05) is 13.1 Å². The third-order valence-corrected chi connectivity index (χ3v) is 1.59. The SMILES string of the molecule is CC(C=O)=CC1CNCCO1. The Labute approximate surface area is 66.4 Å². The van der Waals surface area contributed by atoms with Crippen molar-refractivity contribution in [3.8, 4) is 0 Å². The number of aldehydes is 1. The molecule has 1 N–H and O–H groups in total. The van der Waals surface area contributed by atoms with Crippen molar-refractivity contribution >= 4 is 6.29 Å². The zero-order valence-electron chi connectivity index (χ0n) is 6.67. The van der Waals surface area contributed by atoms with Gasteiger partial charge in [-0.2, -0.15) is 0 Å². The van der Waals surface area contributed by atoms with Crippen molar-refractivity contribution in [1.82, 2.24) is 5.32 Å². The van der Waals surface area contributed by atoms with Crippen LogP contribution in [0.3, 0.4) is 0 Å². The lowest BCUT2D eigenvalue weighted by Gasteiger charge is -2.20. The van der Waals surface area contributed by atoms with Crippen LogP contribution in [0.4, 0.5) is 0 Å². The molecular formula is C8H13NO2. The highest BCUT2D eigenvalue weighted by Gasteiger charge is 2.09. The summed E-state index contributed by atoms with van der Waals surface area (Å²) in [5, 5.41) is 3.18. The smallest absolute Gasteiger partial charge is 0.145 e. The van der Waals surface area contributed by atoms with Gasteiger partial charge in [-0.05, 0) is 18.6 Å². The molecule has 0 radical (unpaired) electrons. The number of nitrogens with one attached hydrogen (secondary N) is 1. The summed E-state index contributed by atoms with van der Waals surface area (Å²) in [7, 11) is 0. The maximum absolute atomic E-state index is 10.2. The van der Waals surface area contributed by atoms with E-state index in [1.54, 1.807) is 6.92 Å². The van der Waals surface area contributed by atoms with Crippen molar-refractivity contribution in [1.29, 1.82) is 0 Å². The molecule has 11 heavy (non-hydrogen) atoms. The molecule has 62 valence electrons. The summed E-state index contributed by atoms with van der Waals surface area (Å²) in [6.07, 6.45) is 2.77. The fourth-order valence-corrected chi connectivity index (χ4v) is 1.03. The van der Waals surface area contributed by atoms with E-state index in [0.29, 0.717) is 0 Å². The Kier molecular flexibility index (Phi) is 3.26. The van der Waals surface area contributed by atoms with Crippen molar-refractivity contribution in [2.75, 3.05) is 19.7 Å². The molecule has 1 fully saturated rings. The Balaban J connectivity index is 2.40. The van der Waals surface area contributed by atoms with Gasteiger partial charge in [0.15, 0.2) is 0 Å². The molecule has 0 aromatic carbocycles. The molecule has 0 aliphatic carbocycles. The summed E-state index contributed by atoms with van der Waals surface area (Å²) in [6, 6.07) is 0. The van der Waals surface area contributed by atoms with Crippen molar-refractivity contribution in [3.05, 3.63) is 11.6 Å². The molecule has 3 nitrogen and oxygen atoms in total. The molecule has 1 saturated heterocycles. The van der Waals surface area contributed by atoms with Crippen LogP contribution >= 0.6 is 0 Å². The fraction of sp³-hybridized carbons (Fsp3) is 0.625. The minimum atomic E-state index is 0.0777. The van der Waals surface area contributed by atoms with Gasteiger partial charge in [-0.3, -0.25) is 4.79 Å². The Morgan fingerprint density at radius 3 is 3.09 bits per heavy atom. The van der Waals surface area contributed by atoms with E-state index in [9.17, 15) is 4.79 Å². The van der Waals surface area contributed by atoms with Crippen molar-refractivity contribution < 1.29 is 9.53 Å². The average Bonchev–Trinajstić information content (AvgIpc) is 2.06. The highest BCUT2D eigenvalue weighted by Crippen LogP contribution is 2.00. The lowest BCUT2D eigenvalue weighted by Crippen LogP contribution is -2.37. The van der Waals surface area contributed by atoms with Crippen molar-refractivity contribution in [2.45, 2.75) is 13.0 Å². The Morgan fingerprint density at radius 2 is 2.55 bits per heavy atom. The number of allylic oxidation sites excluding steroid dienone is 1. The van der Waals surface area contributed by atoms with Crippen LogP contribution in [0.5, 0.6) is 0 Å². The lowest BCUT2D eigenvalue weighted by molar-refractivity contribution is -0.104. The van der Waals surface area contributed by atoms with Crippen LogP contribution in [0.15, 0.2) is 11.6 Å². The van der Waals surface area contributed by atoms with E-state index in [1.807, 2.05) is 6.08 Å². The van der Waals surface area contributed by atoms with Gasteiger partial charge in [-0.25, -0.2) is 0 Å². The summed E-state index contributed by atoms with van der Waals surface area (Å²) < 4.78 is 5.35. The number of carbonyl (C=O) groups is 1. The maximum Gasteiger partial charge on any atom is 0.145 e. The molecular weight excluding hydrogens is 142 g/mol. The first-order chi connectivity index (χ1) is 5.33. The van der Waals surface area contributed by atoms with Crippen LogP contribution in [0, 0.1) is 0 Å². The first kappa shape index (κ1) is 8.43. The summed E-state index contributed by atoms with van der Waals surface area (Å²) in [6.45, 7) is 4.23. The molecule has 1 rings (SSSR count). The molecule has 1 atom stereocenters. The molecule has 0 aromatic heterocycles. The second-order valence-corrected chi connectivity index (χ2v) is 2.64.